The van der Waals surface area contributed by atoms with Crippen LogP contribution < -0.4 is 0 Å². The van der Waals surface area contributed by atoms with Gasteiger partial charge in [-0.05, 0) is 25.3 Å². The predicted molar refractivity (Wildman–Crippen MR) is 45.3 cm³/mol. The lowest BCUT2D eigenvalue weighted by molar-refractivity contribution is 0.748. The summed E-state index contributed by atoms with van der Waals surface area (Å²) in [5, 5.41) is 0. The van der Waals surface area contributed by atoms with Crippen LogP contribution in [0.3, 0.4) is 0 Å². The van der Waals surface area contributed by atoms with Crippen LogP contribution in [0.15, 0.2) is 16.3 Å². The largest absolute Gasteiger partial charge is 0.263 e. The lowest BCUT2D eigenvalue weighted by Gasteiger charge is -2.05. The molecule has 0 amide bonds. The van der Waals surface area contributed by atoms with E-state index < -0.39 is 0 Å². The van der Waals surface area contributed by atoms with E-state index in [2.05, 4.69) is 32.7 Å². The van der Waals surface area contributed by atoms with Crippen molar-refractivity contribution in [2.24, 2.45) is 10.9 Å². The van der Waals surface area contributed by atoms with Gasteiger partial charge in [0.25, 0.3) is 0 Å². The van der Waals surface area contributed by atoms with Crippen molar-refractivity contribution in [3.05, 3.63) is 11.3 Å². The summed E-state index contributed by atoms with van der Waals surface area (Å²) in [5.41, 5.74) is 4.02. The third-order valence-corrected chi connectivity index (χ3v) is 1.97. The van der Waals surface area contributed by atoms with E-state index in [1.165, 1.54) is 17.0 Å². The van der Waals surface area contributed by atoms with E-state index in [0.717, 1.165) is 6.42 Å². The average molecular weight is 137 g/mol. The number of rotatable bonds is 1. The summed E-state index contributed by atoms with van der Waals surface area (Å²) < 4.78 is 0. The molecule has 0 aliphatic carbocycles. The molecule has 0 saturated carbocycles. The van der Waals surface area contributed by atoms with Crippen LogP contribution in [0.5, 0.6) is 0 Å². The summed E-state index contributed by atoms with van der Waals surface area (Å²) in [5.74, 6) is 0.668. The Morgan fingerprint density at radius 1 is 1.30 bits per heavy atom. The van der Waals surface area contributed by atoms with Crippen LogP contribution in [-0.2, 0) is 0 Å². The van der Waals surface area contributed by atoms with Crippen molar-refractivity contribution < 1.29 is 0 Å². The van der Waals surface area contributed by atoms with Gasteiger partial charge in [0.05, 0.1) is 0 Å². The first-order chi connectivity index (χ1) is 4.61. The van der Waals surface area contributed by atoms with Crippen molar-refractivity contribution in [2.45, 2.75) is 34.1 Å². The molecule has 1 rings (SSSR count). The maximum Gasteiger partial charge on any atom is 0.0370 e. The zero-order chi connectivity index (χ0) is 7.72. The number of hydrogen-bond acceptors (Lipinski definition) is 1. The topological polar surface area (TPSA) is 12.4 Å². The Morgan fingerprint density at radius 3 is 2.10 bits per heavy atom. The molecule has 0 radical (unpaired) electrons. The van der Waals surface area contributed by atoms with Crippen molar-refractivity contribution in [3.8, 4) is 0 Å². The van der Waals surface area contributed by atoms with Gasteiger partial charge in [-0.2, -0.15) is 0 Å². The van der Waals surface area contributed by atoms with Crippen molar-refractivity contribution >= 4 is 5.71 Å². The second kappa shape index (κ2) is 2.57. The lowest BCUT2D eigenvalue weighted by atomic mass is 9.99. The highest BCUT2D eigenvalue weighted by Crippen LogP contribution is 2.25. The van der Waals surface area contributed by atoms with E-state index in [-0.39, 0.29) is 0 Å². The molecule has 1 aliphatic rings. The second-order valence-electron chi connectivity index (χ2n) is 3.29. The molecule has 0 atom stereocenters. The fourth-order valence-electron chi connectivity index (χ4n) is 1.42. The van der Waals surface area contributed by atoms with Crippen LogP contribution in [0.2, 0.25) is 0 Å². The first-order valence-electron chi connectivity index (χ1n) is 3.85. The third kappa shape index (κ3) is 1.28. The predicted octanol–water partition coefficient (Wildman–Crippen LogP) is 2.78. The van der Waals surface area contributed by atoms with Gasteiger partial charge in [0.1, 0.15) is 0 Å². The van der Waals surface area contributed by atoms with Gasteiger partial charge >= 0.3 is 0 Å². The molecule has 56 valence electrons. The first kappa shape index (κ1) is 7.52. The summed E-state index contributed by atoms with van der Waals surface area (Å²) in [4.78, 5) is 4.39. The quantitative estimate of drug-likeness (QED) is 0.527. The molecular formula is C9H15N. The smallest absolute Gasteiger partial charge is 0.0370 e. The van der Waals surface area contributed by atoms with Crippen LogP contribution in [0.1, 0.15) is 34.1 Å². The number of allylic oxidation sites excluding steroid dienone is 2. The molecule has 0 spiro atoms. The van der Waals surface area contributed by atoms with Gasteiger partial charge in [-0.25, -0.2) is 0 Å². The minimum atomic E-state index is 0.668. The van der Waals surface area contributed by atoms with Crippen molar-refractivity contribution in [1.29, 1.82) is 0 Å². The van der Waals surface area contributed by atoms with E-state index in [1.54, 1.807) is 0 Å². The van der Waals surface area contributed by atoms with E-state index in [4.69, 9.17) is 0 Å². The molecule has 0 saturated heterocycles. The first-order valence-corrected chi connectivity index (χ1v) is 3.85. The van der Waals surface area contributed by atoms with Gasteiger partial charge in [0.2, 0.25) is 0 Å². The summed E-state index contributed by atoms with van der Waals surface area (Å²) >= 11 is 0. The van der Waals surface area contributed by atoms with Crippen LogP contribution in [-0.4, -0.2) is 5.71 Å². The Bertz CT molecular complexity index is 197. The average Bonchev–Trinajstić information content (AvgIpc) is 2.10. The van der Waals surface area contributed by atoms with Gasteiger partial charge in [-0.1, -0.05) is 13.8 Å². The maximum absolute atomic E-state index is 4.39. The molecule has 1 heterocycles. The summed E-state index contributed by atoms with van der Waals surface area (Å²) in [6, 6.07) is 0. The van der Waals surface area contributed by atoms with Crippen LogP contribution in [0.4, 0.5) is 0 Å². The highest BCUT2D eigenvalue weighted by Gasteiger charge is 2.13. The SMILES string of the molecule is CC1=NC(C)=C(C(C)C)C1. The highest BCUT2D eigenvalue weighted by atomic mass is 14.8. The fourth-order valence-corrected chi connectivity index (χ4v) is 1.42. The van der Waals surface area contributed by atoms with Gasteiger partial charge in [-0.3, -0.25) is 4.99 Å². The Morgan fingerprint density at radius 2 is 1.90 bits per heavy atom. The van der Waals surface area contributed by atoms with E-state index in [1.807, 2.05) is 0 Å². The number of hydrogen-bond donors (Lipinski definition) is 0. The normalized spacial score (nSPS) is 18.7. The molecule has 0 aromatic rings. The monoisotopic (exact) mass is 137 g/mol. The van der Waals surface area contributed by atoms with Gasteiger partial charge in [-0.15, -0.1) is 0 Å². The lowest BCUT2D eigenvalue weighted by Crippen LogP contribution is -1.95. The van der Waals surface area contributed by atoms with Gasteiger partial charge in [0.15, 0.2) is 0 Å². The van der Waals surface area contributed by atoms with E-state index >= 15 is 0 Å². The Balaban J connectivity index is 2.76. The van der Waals surface area contributed by atoms with Crippen molar-refractivity contribution in [2.75, 3.05) is 0 Å². The molecule has 0 N–H and O–H groups in total. The molecular weight excluding hydrogens is 122 g/mol. The Kier molecular flexibility index (Phi) is 1.93. The van der Waals surface area contributed by atoms with Crippen LogP contribution in [0.25, 0.3) is 0 Å². The third-order valence-electron chi connectivity index (χ3n) is 1.97. The molecule has 0 aromatic heterocycles. The van der Waals surface area contributed by atoms with Gasteiger partial charge in [0, 0.05) is 17.8 Å². The van der Waals surface area contributed by atoms with E-state index in [9.17, 15) is 0 Å². The molecule has 1 aliphatic heterocycles. The molecule has 1 nitrogen and oxygen atoms in total. The second-order valence-corrected chi connectivity index (χ2v) is 3.29. The molecule has 1 heteroatoms. The summed E-state index contributed by atoms with van der Waals surface area (Å²) in [6.45, 7) is 8.66. The molecule has 0 bridgehead atoms. The zero-order valence-corrected chi connectivity index (χ0v) is 7.23. The van der Waals surface area contributed by atoms with Gasteiger partial charge < -0.3 is 0 Å². The summed E-state index contributed by atoms with van der Waals surface area (Å²) in [6.07, 6.45) is 1.10. The van der Waals surface area contributed by atoms with Crippen LogP contribution >= 0.6 is 0 Å². The summed E-state index contributed by atoms with van der Waals surface area (Å²) in [7, 11) is 0. The Hall–Kier alpha value is -0.590. The minimum Gasteiger partial charge on any atom is -0.263 e. The fraction of sp³-hybridized carbons (Fsp3) is 0.667. The minimum absolute atomic E-state index is 0.668. The zero-order valence-electron chi connectivity index (χ0n) is 7.23. The molecule has 0 aromatic carbocycles. The van der Waals surface area contributed by atoms with Crippen molar-refractivity contribution in [3.63, 3.8) is 0 Å². The standard InChI is InChI=1S/C9H15N/c1-6(2)9-5-7(3)10-8(9)4/h6H,5H2,1-4H3. The number of aliphatic imine (C=N–C) groups is 1. The Labute approximate surface area is 62.9 Å². The van der Waals surface area contributed by atoms with Crippen LogP contribution in [0, 0.1) is 5.92 Å². The number of nitrogens with zero attached hydrogens (tertiary/aromatic N) is 1. The van der Waals surface area contributed by atoms with Crippen molar-refractivity contribution in [1.82, 2.24) is 0 Å². The maximum atomic E-state index is 4.39. The van der Waals surface area contributed by atoms with E-state index in [0.29, 0.717) is 5.92 Å². The molecule has 0 fully saturated rings. The molecule has 0 unspecified atom stereocenters. The highest BCUT2D eigenvalue weighted by molar-refractivity contribution is 5.87. The molecule has 10 heavy (non-hydrogen) atoms.